The molecule has 0 bridgehead atoms. The van der Waals surface area contributed by atoms with Crippen molar-refractivity contribution in [2.45, 2.75) is 20.0 Å². The molecule has 2 rings (SSSR count). The van der Waals surface area contributed by atoms with Crippen molar-refractivity contribution in [2.75, 3.05) is 13.2 Å². The Morgan fingerprint density at radius 3 is 2.85 bits per heavy atom. The lowest BCUT2D eigenvalue weighted by Crippen LogP contribution is -2.04. The largest absolute Gasteiger partial charge is 0.491 e. The molecule has 1 unspecified atom stereocenters. The molecule has 2 heteroatoms. The SMILES string of the molecule is Cc1ccc(OCC2CO2)c(C)c1. The molecular formula is C11H14O2. The summed E-state index contributed by atoms with van der Waals surface area (Å²) in [7, 11) is 0. The third-order valence-electron chi connectivity index (χ3n) is 2.16. The van der Waals surface area contributed by atoms with Crippen molar-refractivity contribution in [2.24, 2.45) is 0 Å². The van der Waals surface area contributed by atoms with Crippen LogP contribution in [0.3, 0.4) is 0 Å². The number of benzene rings is 1. The fourth-order valence-electron chi connectivity index (χ4n) is 1.31. The molecule has 0 saturated carbocycles. The van der Waals surface area contributed by atoms with E-state index in [1.54, 1.807) is 0 Å². The molecule has 1 saturated heterocycles. The average Bonchev–Trinajstić information content (AvgIpc) is 2.86. The first-order valence-electron chi connectivity index (χ1n) is 4.57. The van der Waals surface area contributed by atoms with Crippen molar-refractivity contribution in [3.63, 3.8) is 0 Å². The molecule has 70 valence electrons. The van der Waals surface area contributed by atoms with Crippen LogP contribution in [-0.4, -0.2) is 19.3 Å². The van der Waals surface area contributed by atoms with Crippen LogP contribution in [-0.2, 0) is 4.74 Å². The molecule has 1 fully saturated rings. The second-order valence-electron chi connectivity index (χ2n) is 3.54. The van der Waals surface area contributed by atoms with Crippen LogP contribution in [0.4, 0.5) is 0 Å². The fraction of sp³-hybridized carbons (Fsp3) is 0.455. The summed E-state index contributed by atoms with van der Waals surface area (Å²) in [6.45, 7) is 5.69. The Bertz CT molecular complexity index is 303. The zero-order valence-corrected chi connectivity index (χ0v) is 8.04. The second-order valence-corrected chi connectivity index (χ2v) is 3.54. The molecule has 0 aromatic heterocycles. The summed E-state index contributed by atoms with van der Waals surface area (Å²) in [6.07, 6.45) is 0.334. The van der Waals surface area contributed by atoms with E-state index in [0.717, 1.165) is 12.4 Å². The maximum Gasteiger partial charge on any atom is 0.122 e. The highest BCUT2D eigenvalue weighted by molar-refractivity contribution is 5.35. The lowest BCUT2D eigenvalue weighted by Gasteiger charge is -2.07. The third kappa shape index (κ3) is 2.22. The number of epoxide rings is 1. The van der Waals surface area contributed by atoms with E-state index < -0.39 is 0 Å². The van der Waals surface area contributed by atoms with Crippen LogP contribution >= 0.6 is 0 Å². The minimum absolute atomic E-state index is 0.334. The van der Waals surface area contributed by atoms with E-state index in [2.05, 4.69) is 26.0 Å². The van der Waals surface area contributed by atoms with E-state index in [9.17, 15) is 0 Å². The van der Waals surface area contributed by atoms with Crippen molar-refractivity contribution in [1.82, 2.24) is 0 Å². The quantitative estimate of drug-likeness (QED) is 0.661. The Hall–Kier alpha value is -1.02. The Labute approximate surface area is 78.5 Å². The highest BCUT2D eigenvalue weighted by Gasteiger charge is 2.23. The van der Waals surface area contributed by atoms with Crippen LogP contribution in [0.15, 0.2) is 18.2 Å². The monoisotopic (exact) mass is 178 g/mol. The van der Waals surface area contributed by atoms with Crippen LogP contribution < -0.4 is 4.74 Å². The zero-order valence-electron chi connectivity index (χ0n) is 8.04. The van der Waals surface area contributed by atoms with Gasteiger partial charge in [0.2, 0.25) is 0 Å². The van der Waals surface area contributed by atoms with Crippen molar-refractivity contribution in [3.05, 3.63) is 29.3 Å². The molecular weight excluding hydrogens is 164 g/mol. The molecule has 0 radical (unpaired) electrons. The summed E-state index contributed by atoms with van der Waals surface area (Å²) in [5.74, 6) is 0.973. The van der Waals surface area contributed by atoms with Gasteiger partial charge in [-0.15, -0.1) is 0 Å². The second kappa shape index (κ2) is 3.38. The van der Waals surface area contributed by atoms with Gasteiger partial charge in [-0.3, -0.25) is 0 Å². The molecule has 1 aromatic carbocycles. The summed E-state index contributed by atoms with van der Waals surface area (Å²) in [6, 6.07) is 6.21. The molecule has 0 spiro atoms. The van der Waals surface area contributed by atoms with E-state index in [0.29, 0.717) is 12.7 Å². The van der Waals surface area contributed by atoms with Gasteiger partial charge in [-0.25, -0.2) is 0 Å². The maximum atomic E-state index is 5.59. The van der Waals surface area contributed by atoms with Gasteiger partial charge in [0.05, 0.1) is 6.61 Å². The number of rotatable bonds is 3. The molecule has 13 heavy (non-hydrogen) atoms. The van der Waals surface area contributed by atoms with Crippen LogP contribution in [0.25, 0.3) is 0 Å². The van der Waals surface area contributed by atoms with Gasteiger partial charge in [0.15, 0.2) is 0 Å². The first kappa shape index (κ1) is 8.57. The number of hydrogen-bond donors (Lipinski definition) is 0. The topological polar surface area (TPSA) is 21.8 Å². The Kier molecular flexibility index (Phi) is 2.23. The van der Waals surface area contributed by atoms with Gasteiger partial charge in [0, 0.05) is 0 Å². The highest BCUT2D eigenvalue weighted by Crippen LogP contribution is 2.20. The van der Waals surface area contributed by atoms with Crippen LogP contribution in [0, 0.1) is 13.8 Å². The van der Waals surface area contributed by atoms with Gasteiger partial charge in [0.25, 0.3) is 0 Å². The van der Waals surface area contributed by atoms with Crippen molar-refractivity contribution in [1.29, 1.82) is 0 Å². The molecule has 1 atom stereocenters. The van der Waals surface area contributed by atoms with Gasteiger partial charge in [-0.2, -0.15) is 0 Å². The standard InChI is InChI=1S/C11H14O2/c1-8-3-4-11(9(2)5-8)13-7-10-6-12-10/h3-5,10H,6-7H2,1-2H3. The Balaban J connectivity index is 2.01. The summed E-state index contributed by atoms with van der Waals surface area (Å²) in [4.78, 5) is 0. The van der Waals surface area contributed by atoms with Crippen LogP contribution in [0.5, 0.6) is 5.75 Å². The summed E-state index contributed by atoms with van der Waals surface area (Å²) >= 11 is 0. The number of hydrogen-bond acceptors (Lipinski definition) is 2. The molecule has 0 amide bonds. The summed E-state index contributed by atoms with van der Waals surface area (Å²) in [5, 5.41) is 0. The van der Waals surface area contributed by atoms with E-state index in [1.165, 1.54) is 11.1 Å². The number of aryl methyl sites for hydroxylation is 2. The van der Waals surface area contributed by atoms with Gasteiger partial charge < -0.3 is 9.47 Å². The molecule has 0 N–H and O–H groups in total. The maximum absolute atomic E-state index is 5.59. The van der Waals surface area contributed by atoms with Gasteiger partial charge >= 0.3 is 0 Å². The first-order chi connectivity index (χ1) is 6.25. The molecule has 0 aliphatic carbocycles. The zero-order chi connectivity index (χ0) is 9.26. The Morgan fingerprint density at radius 1 is 1.46 bits per heavy atom. The minimum atomic E-state index is 0.334. The Morgan fingerprint density at radius 2 is 2.23 bits per heavy atom. The molecule has 1 heterocycles. The minimum Gasteiger partial charge on any atom is -0.491 e. The van der Waals surface area contributed by atoms with E-state index in [4.69, 9.17) is 9.47 Å². The molecule has 2 nitrogen and oxygen atoms in total. The van der Waals surface area contributed by atoms with E-state index >= 15 is 0 Å². The van der Waals surface area contributed by atoms with Gasteiger partial charge in [-0.05, 0) is 25.5 Å². The predicted octanol–water partition coefficient (Wildman–Crippen LogP) is 2.08. The summed E-state index contributed by atoms with van der Waals surface area (Å²) in [5.41, 5.74) is 2.47. The van der Waals surface area contributed by atoms with E-state index in [1.807, 2.05) is 6.07 Å². The van der Waals surface area contributed by atoms with Crippen molar-refractivity contribution < 1.29 is 9.47 Å². The smallest absolute Gasteiger partial charge is 0.122 e. The third-order valence-corrected chi connectivity index (χ3v) is 2.16. The summed E-state index contributed by atoms with van der Waals surface area (Å²) < 4.78 is 10.7. The molecule has 1 aliphatic heterocycles. The normalized spacial score (nSPS) is 20.0. The molecule has 1 aliphatic rings. The predicted molar refractivity (Wildman–Crippen MR) is 51.2 cm³/mol. The van der Waals surface area contributed by atoms with Crippen LogP contribution in [0.1, 0.15) is 11.1 Å². The number of ether oxygens (including phenoxy) is 2. The van der Waals surface area contributed by atoms with Gasteiger partial charge in [0.1, 0.15) is 18.5 Å². The molecule has 1 aromatic rings. The van der Waals surface area contributed by atoms with Gasteiger partial charge in [-0.1, -0.05) is 17.7 Å². The lowest BCUT2D eigenvalue weighted by molar-refractivity contribution is 0.261. The average molecular weight is 178 g/mol. The fourth-order valence-corrected chi connectivity index (χ4v) is 1.31. The van der Waals surface area contributed by atoms with Crippen molar-refractivity contribution >= 4 is 0 Å². The van der Waals surface area contributed by atoms with Crippen molar-refractivity contribution in [3.8, 4) is 5.75 Å². The first-order valence-corrected chi connectivity index (χ1v) is 4.57. The lowest BCUT2D eigenvalue weighted by atomic mass is 10.1. The van der Waals surface area contributed by atoms with Crippen LogP contribution in [0.2, 0.25) is 0 Å². The van der Waals surface area contributed by atoms with E-state index in [-0.39, 0.29) is 0 Å². The highest BCUT2D eigenvalue weighted by atomic mass is 16.6.